The lowest BCUT2D eigenvalue weighted by atomic mass is 10.2. The minimum Gasteiger partial charge on any atom is -0.335 e. The largest absolute Gasteiger partial charge is 0.335 e. The predicted octanol–water partition coefficient (Wildman–Crippen LogP) is 1.21. The first kappa shape index (κ1) is 16.7. The minimum atomic E-state index is 0.0766. The molecule has 0 saturated carbocycles. The van der Waals surface area contributed by atoms with E-state index in [0.717, 1.165) is 50.7 Å². The van der Waals surface area contributed by atoms with E-state index in [9.17, 15) is 4.79 Å². The van der Waals surface area contributed by atoms with Gasteiger partial charge in [0.25, 0.3) is 5.91 Å². The summed E-state index contributed by atoms with van der Waals surface area (Å²) < 4.78 is 3.65. The van der Waals surface area contributed by atoms with Crippen LogP contribution in [0.25, 0.3) is 0 Å². The van der Waals surface area contributed by atoms with Crippen molar-refractivity contribution in [1.82, 2.24) is 29.4 Å². The van der Waals surface area contributed by atoms with E-state index in [2.05, 4.69) is 35.1 Å². The molecule has 0 N–H and O–H groups in total. The summed E-state index contributed by atoms with van der Waals surface area (Å²) in [5.74, 6) is 0.0766. The lowest BCUT2D eigenvalue weighted by molar-refractivity contribution is 0.0617. The van der Waals surface area contributed by atoms with Crippen molar-refractivity contribution in [1.29, 1.82) is 0 Å². The second-order valence-corrected chi connectivity index (χ2v) is 6.46. The van der Waals surface area contributed by atoms with E-state index >= 15 is 0 Å². The lowest BCUT2D eigenvalue weighted by Crippen LogP contribution is -2.48. The number of carbonyl (C=O) groups is 1. The summed E-state index contributed by atoms with van der Waals surface area (Å²) in [5.41, 5.74) is 3.92. The number of aromatic nitrogens is 4. The van der Waals surface area contributed by atoms with Crippen molar-refractivity contribution < 1.29 is 4.79 Å². The fourth-order valence-electron chi connectivity index (χ4n) is 3.20. The van der Waals surface area contributed by atoms with Gasteiger partial charge in [0.15, 0.2) is 0 Å². The monoisotopic (exact) mass is 330 g/mol. The SMILES string of the molecule is CCn1cc(CN2CCN(C(=O)c3cc(C)nn3C)CC2)c(C)n1. The number of rotatable bonds is 4. The quantitative estimate of drug-likeness (QED) is 0.845. The number of hydrogen-bond donors (Lipinski definition) is 0. The molecule has 1 saturated heterocycles. The second-order valence-electron chi connectivity index (χ2n) is 6.46. The van der Waals surface area contributed by atoms with Crippen LogP contribution in [0.5, 0.6) is 0 Å². The first-order chi connectivity index (χ1) is 11.5. The first-order valence-electron chi connectivity index (χ1n) is 8.53. The van der Waals surface area contributed by atoms with Crippen molar-refractivity contribution in [3.05, 3.63) is 34.9 Å². The van der Waals surface area contributed by atoms with Crippen LogP contribution in [0.3, 0.4) is 0 Å². The molecule has 1 aliphatic heterocycles. The third-order valence-corrected chi connectivity index (χ3v) is 4.65. The molecule has 0 radical (unpaired) electrons. The number of nitrogens with zero attached hydrogens (tertiary/aromatic N) is 6. The van der Waals surface area contributed by atoms with Crippen LogP contribution in [0.4, 0.5) is 0 Å². The van der Waals surface area contributed by atoms with Gasteiger partial charge in [0.2, 0.25) is 0 Å². The third-order valence-electron chi connectivity index (χ3n) is 4.65. The van der Waals surface area contributed by atoms with E-state index in [-0.39, 0.29) is 5.91 Å². The van der Waals surface area contributed by atoms with Crippen LogP contribution in [0.15, 0.2) is 12.3 Å². The number of carbonyl (C=O) groups excluding carboxylic acids is 1. The lowest BCUT2D eigenvalue weighted by Gasteiger charge is -2.34. The van der Waals surface area contributed by atoms with Gasteiger partial charge in [-0.15, -0.1) is 0 Å². The molecule has 1 fully saturated rings. The maximum atomic E-state index is 12.6. The molecule has 0 spiro atoms. The van der Waals surface area contributed by atoms with Gasteiger partial charge < -0.3 is 4.90 Å². The van der Waals surface area contributed by atoms with Crippen molar-refractivity contribution in [3.63, 3.8) is 0 Å². The smallest absolute Gasteiger partial charge is 0.272 e. The van der Waals surface area contributed by atoms with Crippen molar-refractivity contribution in [2.45, 2.75) is 33.9 Å². The Morgan fingerprint density at radius 2 is 1.88 bits per heavy atom. The van der Waals surface area contributed by atoms with Gasteiger partial charge in [0.05, 0.1) is 11.4 Å². The van der Waals surface area contributed by atoms with Crippen LogP contribution in [-0.4, -0.2) is 61.4 Å². The molecule has 2 aromatic rings. The van der Waals surface area contributed by atoms with E-state index in [0.29, 0.717) is 5.69 Å². The van der Waals surface area contributed by atoms with Crippen LogP contribution in [0, 0.1) is 13.8 Å². The van der Waals surface area contributed by atoms with Crippen LogP contribution in [0.1, 0.15) is 34.4 Å². The molecule has 0 bridgehead atoms. The number of piperazine rings is 1. The molecule has 3 rings (SSSR count). The van der Waals surface area contributed by atoms with Gasteiger partial charge in [-0.25, -0.2) is 0 Å². The van der Waals surface area contributed by atoms with Gasteiger partial charge in [-0.05, 0) is 26.8 Å². The molecule has 2 aromatic heterocycles. The molecule has 7 heteroatoms. The molecule has 0 aromatic carbocycles. The number of amides is 1. The zero-order chi connectivity index (χ0) is 17.3. The summed E-state index contributed by atoms with van der Waals surface area (Å²) in [4.78, 5) is 16.9. The zero-order valence-corrected chi connectivity index (χ0v) is 15.0. The van der Waals surface area contributed by atoms with Gasteiger partial charge in [0.1, 0.15) is 5.69 Å². The Bertz CT molecular complexity index is 724. The summed E-state index contributed by atoms with van der Waals surface area (Å²) in [6.45, 7) is 11.2. The Kier molecular flexibility index (Phi) is 4.71. The Labute approximate surface area is 142 Å². The van der Waals surface area contributed by atoms with E-state index in [1.807, 2.05) is 29.6 Å². The van der Waals surface area contributed by atoms with E-state index < -0.39 is 0 Å². The Morgan fingerprint density at radius 3 is 2.42 bits per heavy atom. The van der Waals surface area contributed by atoms with E-state index in [4.69, 9.17) is 0 Å². The Morgan fingerprint density at radius 1 is 1.17 bits per heavy atom. The highest BCUT2D eigenvalue weighted by Gasteiger charge is 2.24. The highest BCUT2D eigenvalue weighted by atomic mass is 16.2. The summed E-state index contributed by atoms with van der Waals surface area (Å²) in [6, 6.07) is 1.86. The van der Waals surface area contributed by atoms with Crippen molar-refractivity contribution in [2.24, 2.45) is 7.05 Å². The molecule has 0 aliphatic carbocycles. The van der Waals surface area contributed by atoms with Gasteiger partial charge in [0, 0.05) is 58.1 Å². The molecule has 24 heavy (non-hydrogen) atoms. The fourth-order valence-corrected chi connectivity index (χ4v) is 3.20. The van der Waals surface area contributed by atoms with Gasteiger partial charge in [-0.1, -0.05) is 0 Å². The molecule has 1 amide bonds. The zero-order valence-electron chi connectivity index (χ0n) is 15.0. The molecule has 7 nitrogen and oxygen atoms in total. The van der Waals surface area contributed by atoms with Gasteiger partial charge in [-0.2, -0.15) is 10.2 Å². The summed E-state index contributed by atoms with van der Waals surface area (Å²) in [5, 5.41) is 8.77. The molecule has 130 valence electrons. The second kappa shape index (κ2) is 6.76. The van der Waals surface area contributed by atoms with Crippen LogP contribution in [0.2, 0.25) is 0 Å². The highest BCUT2D eigenvalue weighted by molar-refractivity contribution is 5.92. The molecule has 0 unspecified atom stereocenters. The van der Waals surface area contributed by atoms with Crippen molar-refractivity contribution >= 4 is 5.91 Å². The molecular weight excluding hydrogens is 304 g/mol. The molecule has 0 atom stereocenters. The topological polar surface area (TPSA) is 59.2 Å². The summed E-state index contributed by atoms with van der Waals surface area (Å²) in [7, 11) is 1.82. The minimum absolute atomic E-state index is 0.0766. The normalized spacial score (nSPS) is 15.9. The average molecular weight is 330 g/mol. The summed E-state index contributed by atoms with van der Waals surface area (Å²) >= 11 is 0. The predicted molar refractivity (Wildman–Crippen MR) is 91.8 cm³/mol. The van der Waals surface area contributed by atoms with Crippen LogP contribution in [-0.2, 0) is 20.1 Å². The van der Waals surface area contributed by atoms with Crippen molar-refractivity contribution in [3.8, 4) is 0 Å². The number of hydrogen-bond acceptors (Lipinski definition) is 4. The summed E-state index contributed by atoms with van der Waals surface area (Å²) in [6.07, 6.45) is 2.13. The number of aryl methyl sites for hydroxylation is 4. The van der Waals surface area contributed by atoms with Gasteiger partial charge in [-0.3, -0.25) is 19.1 Å². The third kappa shape index (κ3) is 3.36. The first-order valence-corrected chi connectivity index (χ1v) is 8.53. The Hall–Kier alpha value is -2.15. The maximum Gasteiger partial charge on any atom is 0.272 e. The molecular formula is C17H26N6O. The molecule has 3 heterocycles. The van der Waals surface area contributed by atoms with E-state index in [1.165, 1.54) is 5.56 Å². The highest BCUT2D eigenvalue weighted by Crippen LogP contribution is 2.14. The average Bonchev–Trinajstić information content (AvgIpc) is 3.09. The van der Waals surface area contributed by atoms with Crippen LogP contribution >= 0.6 is 0 Å². The fraction of sp³-hybridized carbons (Fsp3) is 0.588. The van der Waals surface area contributed by atoms with E-state index in [1.54, 1.807) is 4.68 Å². The van der Waals surface area contributed by atoms with Gasteiger partial charge >= 0.3 is 0 Å². The standard InChI is InChI=1S/C17H26N6O/c1-5-23-12-15(14(3)19-23)11-21-6-8-22(9-7-21)17(24)16-10-13(2)18-20(16)4/h10,12H,5-9,11H2,1-4H3. The molecule has 1 aliphatic rings. The maximum absolute atomic E-state index is 12.6. The van der Waals surface area contributed by atoms with Crippen molar-refractivity contribution in [2.75, 3.05) is 26.2 Å². The Balaban J connectivity index is 1.58. The van der Waals surface area contributed by atoms with Crippen LogP contribution < -0.4 is 0 Å².